The minimum Gasteiger partial charge on any atom is -0.282 e. The molecule has 0 radical (unpaired) electrons. The number of thiol groups is 1. The lowest BCUT2D eigenvalue weighted by molar-refractivity contribution is -0.107. The van der Waals surface area contributed by atoms with Gasteiger partial charge < -0.3 is 0 Å². The van der Waals surface area contributed by atoms with E-state index in [0.717, 1.165) is 5.57 Å². The second kappa shape index (κ2) is 3.72. The number of hydrogen-bond donors (Lipinski definition) is 1. The first-order valence-electron chi connectivity index (χ1n) is 2.95. The van der Waals surface area contributed by atoms with Gasteiger partial charge in [0, 0.05) is 0 Å². The van der Waals surface area contributed by atoms with Crippen molar-refractivity contribution in [1.82, 2.24) is 0 Å². The van der Waals surface area contributed by atoms with E-state index in [1.807, 2.05) is 19.9 Å². The quantitative estimate of drug-likeness (QED) is 0.463. The molecule has 0 aliphatic carbocycles. The molecule has 0 fully saturated rings. The molecule has 9 heavy (non-hydrogen) atoms. The zero-order chi connectivity index (χ0) is 7.44. The fourth-order valence-electron chi connectivity index (χ4n) is 0.571. The third kappa shape index (κ3) is 4.28. The predicted octanol–water partition coefficient (Wildman–Crippen LogP) is 2.05. The molecule has 0 atom stereocenters. The number of carbonyl (C=O) groups is 1. The van der Waals surface area contributed by atoms with Gasteiger partial charge in [0.15, 0.2) is 0 Å². The van der Waals surface area contributed by atoms with E-state index in [-0.39, 0.29) is 5.12 Å². The van der Waals surface area contributed by atoms with Crippen LogP contribution in [0.2, 0.25) is 0 Å². The number of carbonyl (C=O) groups excluding carboxylic acids is 1. The Morgan fingerprint density at radius 1 is 1.56 bits per heavy atom. The maximum atomic E-state index is 10.5. The van der Waals surface area contributed by atoms with Crippen LogP contribution in [0.3, 0.4) is 0 Å². The molecule has 0 saturated carbocycles. The molecule has 0 amide bonds. The van der Waals surface area contributed by atoms with Gasteiger partial charge in [0.1, 0.15) is 0 Å². The average molecular weight is 144 g/mol. The van der Waals surface area contributed by atoms with Gasteiger partial charge in [-0.2, -0.15) is 0 Å². The Bertz CT molecular complexity index is 136. The topological polar surface area (TPSA) is 17.1 Å². The Labute approximate surface area is 61.6 Å². The fourth-order valence-corrected chi connectivity index (χ4v) is 0.646. The van der Waals surface area contributed by atoms with Crippen molar-refractivity contribution in [2.24, 2.45) is 5.92 Å². The molecule has 0 rings (SSSR count). The highest BCUT2D eigenvalue weighted by Gasteiger charge is 1.96. The normalized spacial score (nSPS) is 12.3. The van der Waals surface area contributed by atoms with Crippen molar-refractivity contribution in [3.8, 4) is 0 Å². The van der Waals surface area contributed by atoms with Crippen LogP contribution in [-0.2, 0) is 4.79 Å². The summed E-state index contributed by atoms with van der Waals surface area (Å²) >= 11 is 3.66. The largest absolute Gasteiger partial charge is 0.282 e. The van der Waals surface area contributed by atoms with E-state index in [9.17, 15) is 4.79 Å². The summed E-state index contributed by atoms with van der Waals surface area (Å²) < 4.78 is 0. The molecule has 0 aliphatic rings. The van der Waals surface area contributed by atoms with Gasteiger partial charge in [-0.1, -0.05) is 19.9 Å². The third-order valence-electron chi connectivity index (χ3n) is 0.921. The van der Waals surface area contributed by atoms with Crippen LogP contribution in [0, 0.1) is 5.92 Å². The maximum Gasteiger partial charge on any atom is 0.211 e. The van der Waals surface area contributed by atoms with E-state index in [1.54, 1.807) is 6.92 Å². The molecule has 0 heterocycles. The van der Waals surface area contributed by atoms with Gasteiger partial charge in [0.2, 0.25) is 5.12 Å². The lowest BCUT2D eigenvalue weighted by Gasteiger charge is -1.95. The molecule has 0 saturated heterocycles. The molecule has 0 aromatic carbocycles. The van der Waals surface area contributed by atoms with Crippen molar-refractivity contribution >= 4 is 17.7 Å². The second-order valence-electron chi connectivity index (χ2n) is 2.40. The van der Waals surface area contributed by atoms with E-state index in [1.165, 1.54) is 0 Å². The van der Waals surface area contributed by atoms with Crippen LogP contribution in [0.15, 0.2) is 11.6 Å². The highest BCUT2D eigenvalue weighted by Crippen LogP contribution is 2.03. The predicted molar refractivity (Wildman–Crippen MR) is 42.6 cm³/mol. The van der Waals surface area contributed by atoms with Crippen LogP contribution in [0.5, 0.6) is 0 Å². The van der Waals surface area contributed by atoms with Gasteiger partial charge in [-0.15, -0.1) is 12.6 Å². The Hall–Kier alpha value is -0.240. The van der Waals surface area contributed by atoms with E-state index in [0.29, 0.717) is 5.92 Å². The number of hydrogen-bond acceptors (Lipinski definition) is 1. The minimum absolute atomic E-state index is 0.135. The standard InChI is InChI=1S/C7H12OS/c1-5(2)4-6(3)7(8)9/h4-5H,1-3H3,(H,8,9)/b6-4+. The van der Waals surface area contributed by atoms with Gasteiger partial charge in [-0.25, -0.2) is 0 Å². The Morgan fingerprint density at radius 3 is 2.11 bits per heavy atom. The third-order valence-corrected chi connectivity index (χ3v) is 1.27. The van der Waals surface area contributed by atoms with Crippen molar-refractivity contribution in [3.05, 3.63) is 11.6 Å². The molecule has 0 aliphatic heterocycles. The Balaban J connectivity index is 4.00. The van der Waals surface area contributed by atoms with Crippen LogP contribution < -0.4 is 0 Å². The molecule has 0 N–H and O–H groups in total. The molecule has 52 valence electrons. The average Bonchev–Trinajstić information content (AvgIpc) is 1.63. The lowest BCUT2D eigenvalue weighted by Crippen LogP contribution is -1.90. The summed E-state index contributed by atoms with van der Waals surface area (Å²) in [5.41, 5.74) is 0.730. The summed E-state index contributed by atoms with van der Waals surface area (Å²) in [6.07, 6.45) is 1.90. The van der Waals surface area contributed by atoms with Crippen molar-refractivity contribution in [2.75, 3.05) is 0 Å². The summed E-state index contributed by atoms with van der Waals surface area (Å²) in [5, 5.41) is -0.135. The van der Waals surface area contributed by atoms with Crippen molar-refractivity contribution < 1.29 is 4.79 Å². The second-order valence-corrected chi connectivity index (χ2v) is 2.81. The molecular formula is C7H12OS. The molecule has 0 bridgehead atoms. The van der Waals surface area contributed by atoms with Crippen LogP contribution >= 0.6 is 12.6 Å². The highest BCUT2D eigenvalue weighted by molar-refractivity contribution is 7.97. The van der Waals surface area contributed by atoms with Gasteiger partial charge >= 0.3 is 0 Å². The first-order chi connectivity index (χ1) is 4.04. The van der Waals surface area contributed by atoms with Crippen LogP contribution in [-0.4, -0.2) is 5.12 Å². The van der Waals surface area contributed by atoms with E-state index in [4.69, 9.17) is 0 Å². The smallest absolute Gasteiger partial charge is 0.211 e. The van der Waals surface area contributed by atoms with Gasteiger partial charge in [0.05, 0.1) is 0 Å². The number of rotatable bonds is 2. The van der Waals surface area contributed by atoms with Gasteiger partial charge in [-0.3, -0.25) is 4.79 Å². The Morgan fingerprint density at radius 2 is 2.00 bits per heavy atom. The zero-order valence-corrected chi connectivity index (χ0v) is 6.90. The first kappa shape index (κ1) is 8.76. The van der Waals surface area contributed by atoms with Crippen molar-refractivity contribution in [2.45, 2.75) is 20.8 Å². The van der Waals surface area contributed by atoms with E-state index >= 15 is 0 Å². The SMILES string of the molecule is C/C(=C\C(C)C)C(=O)S. The molecule has 0 aromatic heterocycles. The summed E-state index contributed by atoms with van der Waals surface area (Å²) in [5.74, 6) is 0.432. The fraction of sp³-hybridized carbons (Fsp3) is 0.571. The van der Waals surface area contributed by atoms with Crippen molar-refractivity contribution in [1.29, 1.82) is 0 Å². The van der Waals surface area contributed by atoms with Crippen LogP contribution in [0.25, 0.3) is 0 Å². The molecule has 0 unspecified atom stereocenters. The molecule has 1 nitrogen and oxygen atoms in total. The summed E-state index contributed by atoms with van der Waals surface area (Å²) in [7, 11) is 0. The Kier molecular flexibility index (Phi) is 3.62. The maximum absolute atomic E-state index is 10.5. The lowest BCUT2D eigenvalue weighted by atomic mass is 10.1. The van der Waals surface area contributed by atoms with Gasteiger partial charge in [-0.05, 0) is 18.4 Å². The highest BCUT2D eigenvalue weighted by atomic mass is 32.1. The van der Waals surface area contributed by atoms with Gasteiger partial charge in [0.25, 0.3) is 0 Å². The van der Waals surface area contributed by atoms with Crippen LogP contribution in [0.4, 0.5) is 0 Å². The van der Waals surface area contributed by atoms with E-state index < -0.39 is 0 Å². The number of allylic oxidation sites excluding steroid dienone is 1. The summed E-state index contributed by atoms with van der Waals surface area (Å²) in [6.45, 7) is 5.83. The summed E-state index contributed by atoms with van der Waals surface area (Å²) in [6, 6.07) is 0. The first-order valence-corrected chi connectivity index (χ1v) is 3.40. The summed E-state index contributed by atoms with van der Waals surface area (Å²) in [4.78, 5) is 10.5. The molecule has 2 heteroatoms. The molecule has 0 aromatic rings. The van der Waals surface area contributed by atoms with Crippen LogP contribution in [0.1, 0.15) is 20.8 Å². The minimum atomic E-state index is -0.135. The molecular weight excluding hydrogens is 132 g/mol. The van der Waals surface area contributed by atoms with Crippen molar-refractivity contribution in [3.63, 3.8) is 0 Å². The zero-order valence-electron chi connectivity index (χ0n) is 6.01. The van der Waals surface area contributed by atoms with E-state index in [2.05, 4.69) is 12.6 Å². The monoisotopic (exact) mass is 144 g/mol. The molecule has 0 spiro atoms.